The fraction of sp³-hybridized carbons (Fsp3) is 0.353. The van der Waals surface area contributed by atoms with E-state index in [0.717, 1.165) is 56.0 Å². The van der Waals surface area contributed by atoms with Gasteiger partial charge < -0.3 is 0 Å². The second-order valence-electron chi connectivity index (χ2n) is 5.92. The van der Waals surface area contributed by atoms with E-state index in [1.54, 1.807) is 10.9 Å². The summed E-state index contributed by atoms with van der Waals surface area (Å²) in [5, 5.41) is 3.23. The lowest BCUT2D eigenvalue weighted by molar-refractivity contribution is 0.286. The van der Waals surface area contributed by atoms with Gasteiger partial charge in [0.15, 0.2) is 5.82 Å². The number of rotatable bonds is 3. The molecule has 0 bridgehead atoms. The zero-order valence-corrected chi connectivity index (χ0v) is 12.9. The molecule has 0 saturated heterocycles. The standard InChI is InChI=1S/C17H19N5O/c23-17-14-7-10-21(11-13-5-1-3-8-18-13)12-15(14)20-22(17)16-6-2-4-9-19-16/h1-2,4-6,9,20H,3,7-8,10-12H2. The number of pyridine rings is 1. The third kappa shape index (κ3) is 2.77. The highest BCUT2D eigenvalue weighted by Crippen LogP contribution is 2.15. The van der Waals surface area contributed by atoms with Crippen LogP contribution in [0.5, 0.6) is 0 Å². The van der Waals surface area contributed by atoms with Crippen molar-refractivity contribution in [2.75, 3.05) is 19.6 Å². The first kappa shape index (κ1) is 14.1. The molecule has 0 amide bonds. The van der Waals surface area contributed by atoms with Crippen LogP contribution in [0.25, 0.3) is 5.82 Å². The molecule has 0 aliphatic carbocycles. The predicted octanol–water partition coefficient (Wildman–Crippen LogP) is 1.32. The van der Waals surface area contributed by atoms with E-state index in [0.29, 0.717) is 5.82 Å². The van der Waals surface area contributed by atoms with Gasteiger partial charge >= 0.3 is 0 Å². The summed E-state index contributed by atoms with van der Waals surface area (Å²) < 4.78 is 1.55. The van der Waals surface area contributed by atoms with Crippen LogP contribution in [0.3, 0.4) is 0 Å². The molecule has 6 heteroatoms. The SMILES string of the molecule is O=c1c2c([nH]n1-c1ccccn1)CN(CC1=NCCC=C1)CC2. The predicted molar refractivity (Wildman–Crippen MR) is 89.2 cm³/mol. The van der Waals surface area contributed by atoms with Gasteiger partial charge in [0.25, 0.3) is 5.56 Å². The fourth-order valence-electron chi connectivity index (χ4n) is 3.15. The Morgan fingerprint density at radius 1 is 1.30 bits per heavy atom. The molecule has 6 nitrogen and oxygen atoms in total. The minimum atomic E-state index is 0.0215. The van der Waals surface area contributed by atoms with Crippen molar-refractivity contribution in [3.63, 3.8) is 0 Å². The van der Waals surface area contributed by atoms with Gasteiger partial charge in [0.05, 0.1) is 5.69 Å². The molecule has 0 saturated carbocycles. The Bertz CT molecular complexity index is 815. The highest BCUT2D eigenvalue weighted by molar-refractivity contribution is 5.97. The van der Waals surface area contributed by atoms with Gasteiger partial charge in [0, 0.05) is 43.7 Å². The summed E-state index contributed by atoms with van der Waals surface area (Å²) in [6.07, 6.45) is 7.79. The summed E-state index contributed by atoms with van der Waals surface area (Å²) in [4.78, 5) is 23.7. The first-order valence-electron chi connectivity index (χ1n) is 7.97. The Labute approximate surface area is 134 Å². The number of nitrogens with one attached hydrogen (secondary N) is 1. The van der Waals surface area contributed by atoms with Gasteiger partial charge in [-0.05, 0) is 31.1 Å². The monoisotopic (exact) mass is 309 g/mol. The van der Waals surface area contributed by atoms with E-state index in [2.05, 4.69) is 32.1 Å². The van der Waals surface area contributed by atoms with E-state index in [4.69, 9.17) is 0 Å². The largest absolute Gasteiger partial charge is 0.292 e. The molecule has 118 valence electrons. The minimum Gasteiger partial charge on any atom is -0.292 e. The summed E-state index contributed by atoms with van der Waals surface area (Å²) in [7, 11) is 0. The maximum atomic E-state index is 12.5. The van der Waals surface area contributed by atoms with Crippen LogP contribution in [0.2, 0.25) is 0 Å². The van der Waals surface area contributed by atoms with E-state index in [1.165, 1.54) is 0 Å². The zero-order chi connectivity index (χ0) is 15.6. The van der Waals surface area contributed by atoms with E-state index in [-0.39, 0.29) is 5.56 Å². The van der Waals surface area contributed by atoms with Crippen molar-refractivity contribution >= 4 is 5.71 Å². The number of H-pyrrole nitrogens is 1. The lowest BCUT2D eigenvalue weighted by atomic mass is 10.1. The summed E-state index contributed by atoms with van der Waals surface area (Å²) in [5.41, 5.74) is 3.03. The lowest BCUT2D eigenvalue weighted by Crippen LogP contribution is -2.35. The van der Waals surface area contributed by atoms with Gasteiger partial charge in [-0.25, -0.2) is 9.67 Å². The topological polar surface area (TPSA) is 66.3 Å². The van der Waals surface area contributed by atoms with Crippen LogP contribution >= 0.6 is 0 Å². The Kier molecular flexibility index (Phi) is 3.67. The summed E-state index contributed by atoms with van der Waals surface area (Å²) in [5.74, 6) is 0.637. The van der Waals surface area contributed by atoms with Crippen molar-refractivity contribution in [1.82, 2.24) is 19.7 Å². The molecule has 4 rings (SSSR count). The minimum absolute atomic E-state index is 0.0215. The van der Waals surface area contributed by atoms with Crippen molar-refractivity contribution in [1.29, 1.82) is 0 Å². The van der Waals surface area contributed by atoms with Crippen LogP contribution in [0.4, 0.5) is 0 Å². The molecule has 0 atom stereocenters. The maximum Gasteiger partial charge on any atom is 0.276 e. The van der Waals surface area contributed by atoms with Crippen LogP contribution in [0.15, 0.2) is 46.3 Å². The molecule has 2 aromatic rings. The second kappa shape index (κ2) is 5.96. The Morgan fingerprint density at radius 3 is 3.04 bits per heavy atom. The first-order chi connectivity index (χ1) is 11.3. The number of aromatic nitrogens is 3. The Hall–Kier alpha value is -2.47. The molecular formula is C17H19N5O. The molecule has 2 aliphatic rings. The van der Waals surface area contributed by atoms with Gasteiger partial charge in [-0.2, -0.15) is 0 Å². The zero-order valence-electron chi connectivity index (χ0n) is 12.9. The molecule has 1 N–H and O–H groups in total. The van der Waals surface area contributed by atoms with Crippen LogP contribution < -0.4 is 5.56 Å². The average molecular weight is 309 g/mol. The summed E-state index contributed by atoms with van der Waals surface area (Å²) in [6.45, 7) is 3.36. The fourth-order valence-corrected chi connectivity index (χ4v) is 3.15. The van der Waals surface area contributed by atoms with Gasteiger partial charge in [-0.15, -0.1) is 0 Å². The average Bonchev–Trinajstić information content (AvgIpc) is 2.93. The molecule has 4 heterocycles. The first-order valence-corrected chi connectivity index (χ1v) is 7.97. The van der Waals surface area contributed by atoms with Gasteiger partial charge in [-0.1, -0.05) is 12.1 Å². The van der Waals surface area contributed by atoms with E-state index < -0.39 is 0 Å². The second-order valence-corrected chi connectivity index (χ2v) is 5.92. The number of dihydropyridines is 1. The van der Waals surface area contributed by atoms with Crippen LogP contribution in [0, 0.1) is 0 Å². The quantitative estimate of drug-likeness (QED) is 0.930. The summed E-state index contributed by atoms with van der Waals surface area (Å²) in [6, 6.07) is 5.56. The van der Waals surface area contributed by atoms with Crippen molar-refractivity contribution in [2.45, 2.75) is 19.4 Å². The molecule has 2 aliphatic heterocycles. The highest BCUT2D eigenvalue weighted by Gasteiger charge is 2.23. The molecule has 2 aromatic heterocycles. The number of fused-ring (bicyclic) bond motifs is 1. The van der Waals surface area contributed by atoms with E-state index in [9.17, 15) is 4.79 Å². The van der Waals surface area contributed by atoms with Crippen LogP contribution in [-0.4, -0.2) is 45.0 Å². The third-order valence-electron chi connectivity index (χ3n) is 4.32. The van der Waals surface area contributed by atoms with Crippen LogP contribution in [-0.2, 0) is 13.0 Å². The third-order valence-corrected chi connectivity index (χ3v) is 4.32. The number of aliphatic imine (C=N–C) groups is 1. The van der Waals surface area contributed by atoms with Crippen LogP contribution in [0.1, 0.15) is 17.7 Å². The Balaban J connectivity index is 1.57. The number of hydrogen-bond donors (Lipinski definition) is 1. The molecule has 0 radical (unpaired) electrons. The lowest BCUT2D eigenvalue weighted by Gasteiger charge is -2.26. The van der Waals surface area contributed by atoms with Crippen molar-refractivity contribution in [2.24, 2.45) is 4.99 Å². The van der Waals surface area contributed by atoms with Crippen molar-refractivity contribution in [3.8, 4) is 5.82 Å². The number of hydrogen-bond acceptors (Lipinski definition) is 4. The maximum absolute atomic E-state index is 12.5. The van der Waals surface area contributed by atoms with Gasteiger partial charge in [0.2, 0.25) is 0 Å². The van der Waals surface area contributed by atoms with Gasteiger partial charge in [0.1, 0.15) is 0 Å². The Morgan fingerprint density at radius 2 is 2.26 bits per heavy atom. The van der Waals surface area contributed by atoms with E-state index in [1.807, 2.05) is 18.2 Å². The molecule has 0 fully saturated rings. The highest BCUT2D eigenvalue weighted by atomic mass is 16.1. The molecule has 23 heavy (non-hydrogen) atoms. The number of aromatic amines is 1. The molecule has 0 spiro atoms. The molecule has 0 aromatic carbocycles. The van der Waals surface area contributed by atoms with Gasteiger partial charge in [-0.3, -0.25) is 19.8 Å². The normalized spacial score (nSPS) is 17.8. The van der Waals surface area contributed by atoms with Crippen molar-refractivity contribution < 1.29 is 0 Å². The molecule has 0 unspecified atom stereocenters. The molecular weight excluding hydrogens is 290 g/mol. The number of nitrogens with zero attached hydrogens (tertiary/aromatic N) is 4. The summed E-state index contributed by atoms with van der Waals surface area (Å²) >= 11 is 0. The smallest absolute Gasteiger partial charge is 0.276 e. The van der Waals surface area contributed by atoms with Crippen molar-refractivity contribution in [3.05, 3.63) is 58.2 Å². The van der Waals surface area contributed by atoms with E-state index >= 15 is 0 Å².